The number of hydrogen-bond donors (Lipinski definition) is 4. The Morgan fingerprint density at radius 1 is 0.840 bits per heavy atom. The SMILES string of the molecule is O=C(O)CCC[C@H](O)\C=C/C=C/C=C/[C@H](O)C/C=C\CCCCCO. The summed E-state index contributed by atoms with van der Waals surface area (Å²) in [6, 6.07) is 0. The number of allylic oxidation sites excluding steroid dienone is 5. The van der Waals surface area contributed by atoms with Crippen LogP contribution in [0.25, 0.3) is 0 Å². The van der Waals surface area contributed by atoms with Crippen molar-refractivity contribution >= 4 is 5.97 Å². The van der Waals surface area contributed by atoms with E-state index in [0.717, 1.165) is 25.7 Å². The Morgan fingerprint density at radius 3 is 2.16 bits per heavy atom. The van der Waals surface area contributed by atoms with Gasteiger partial charge in [-0.05, 0) is 38.5 Å². The summed E-state index contributed by atoms with van der Waals surface area (Å²) >= 11 is 0. The van der Waals surface area contributed by atoms with E-state index in [4.69, 9.17) is 10.2 Å². The van der Waals surface area contributed by atoms with Crippen molar-refractivity contribution in [2.45, 2.75) is 63.6 Å². The second-order valence-electron chi connectivity index (χ2n) is 5.86. The zero-order chi connectivity index (χ0) is 18.8. The number of carboxylic acids is 1. The number of hydrogen-bond acceptors (Lipinski definition) is 4. The predicted molar refractivity (Wildman–Crippen MR) is 100 cm³/mol. The van der Waals surface area contributed by atoms with Crippen molar-refractivity contribution in [1.82, 2.24) is 0 Å². The Bertz CT molecular complexity index is 437. The van der Waals surface area contributed by atoms with E-state index in [1.807, 2.05) is 6.08 Å². The number of unbranched alkanes of at least 4 members (excludes halogenated alkanes) is 3. The molecule has 4 N–H and O–H groups in total. The molecule has 0 saturated heterocycles. The first kappa shape index (κ1) is 23.3. The number of aliphatic hydroxyl groups excluding tert-OH is 3. The predicted octanol–water partition coefficient (Wildman–Crippen LogP) is 3.13. The van der Waals surface area contributed by atoms with Gasteiger partial charge in [-0.1, -0.05) is 55.0 Å². The summed E-state index contributed by atoms with van der Waals surface area (Å²) in [4.78, 5) is 10.4. The van der Waals surface area contributed by atoms with Crippen molar-refractivity contribution in [3.63, 3.8) is 0 Å². The summed E-state index contributed by atoms with van der Waals surface area (Å²) in [6.07, 6.45) is 18.5. The van der Waals surface area contributed by atoms with E-state index in [1.165, 1.54) is 0 Å². The van der Waals surface area contributed by atoms with Gasteiger partial charge in [0.25, 0.3) is 0 Å². The van der Waals surface area contributed by atoms with E-state index in [0.29, 0.717) is 19.3 Å². The second-order valence-corrected chi connectivity index (χ2v) is 5.86. The summed E-state index contributed by atoms with van der Waals surface area (Å²) in [5, 5.41) is 36.5. The minimum absolute atomic E-state index is 0.0679. The summed E-state index contributed by atoms with van der Waals surface area (Å²) < 4.78 is 0. The molecule has 0 aliphatic carbocycles. The van der Waals surface area contributed by atoms with Crippen LogP contribution >= 0.6 is 0 Å². The van der Waals surface area contributed by atoms with Gasteiger partial charge in [0.05, 0.1) is 12.2 Å². The minimum atomic E-state index is -0.851. The molecule has 0 bridgehead atoms. The van der Waals surface area contributed by atoms with Crippen LogP contribution in [-0.2, 0) is 4.79 Å². The van der Waals surface area contributed by atoms with Gasteiger partial charge in [0, 0.05) is 13.0 Å². The molecule has 142 valence electrons. The average Bonchev–Trinajstić information content (AvgIpc) is 2.56. The fourth-order valence-electron chi connectivity index (χ4n) is 2.05. The highest BCUT2D eigenvalue weighted by Crippen LogP contribution is 2.03. The van der Waals surface area contributed by atoms with Crippen molar-refractivity contribution in [2.24, 2.45) is 0 Å². The zero-order valence-electron chi connectivity index (χ0n) is 14.8. The molecule has 0 fully saturated rings. The van der Waals surface area contributed by atoms with Gasteiger partial charge in [-0.15, -0.1) is 0 Å². The normalized spacial score (nSPS) is 15.0. The van der Waals surface area contributed by atoms with Gasteiger partial charge in [-0.2, -0.15) is 0 Å². The Balaban J connectivity index is 3.79. The number of aliphatic carboxylic acids is 1. The number of carboxylic acid groups (broad SMARTS) is 1. The Labute approximate surface area is 150 Å². The Morgan fingerprint density at radius 2 is 1.52 bits per heavy atom. The molecule has 0 aliphatic heterocycles. The zero-order valence-corrected chi connectivity index (χ0v) is 14.8. The van der Waals surface area contributed by atoms with Crippen molar-refractivity contribution in [2.75, 3.05) is 6.61 Å². The van der Waals surface area contributed by atoms with Gasteiger partial charge in [-0.25, -0.2) is 0 Å². The Hall–Kier alpha value is -1.69. The van der Waals surface area contributed by atoms with Crippen LogP contribution in [-0.4, -0.2) is 45.2 Å². The third-order valence-electron chi connectivity index (χ3n) is 3.46. The van der Waals surface area contributed by atoms with E-state index in [1.54, 1.807) is 36.5 Å². The van der Waals surface area contributed by atoms with Crippen LogP contribution in [0.4, 0.5) is 0 Å². The molecule has 0 amide bonds. The highest BCUT2D eigenvalue weighted by Gasteiger charge is 2.01. The van der Waals surface area contributed by atoms with E-state index < -0.39 is 18.2 Å². The quantitative estimate of drug-likeness (QED) is 0.206. The molecule has 0 aromatic carbocycles. The van der Waals surface area contributed by atoms with Gasteiger partial charge in [-0.3, -0.25) is 4.79 Å². The highest BCUT2D eigenvalue weighted by atomic mass is 16.4. The van der Waals surface area contributed by atoms with Crippen LogP contribution < -0.4 is 0 Å². The van der Waals surface area contributed by atoms with Crippen LogP contribution in [0.15, 0.2) is 48.6 Å². The van der Waals surface area contributed by atoms with Crippen LogP contribution in [0, 0.1) is 0 Å². The maximum Gasteiger partial charge on any atom is 0.303 e. The fourth-order valence-corrected chi connectivity index (χ4v) is 2.05. The number of aliphatic hydroxyl groups is 3. The van der Waals surface area contributed by atoms with Crippen molar-refractivity contribution in [3.8, 4) is 0 Å². The molecule has 0 spiro atoms. The molecular formula is C20H32O5. The first-order valence-electron chi connectivity index (χ1n) is 8.91. The van der Waals surface area contributed by atoms with Crippen LogP contribution in [0.3, 0.4) is 0 Å². The largest absolute Gasteiger partial charge is 0.481 e. The van der Waals surface area contributed by atoms with E-state index in [9.17, 15) is 15.0 Å². The smallest absolute Gasteiger partial charge is 0.303 e. The molecule has 25 heavy (non-hydrogen) atoms. The third kappa shape index (κ3) is 18.5. The van der Waals surface area contributed by atoms with Crippen LogP contribution in [0.5, 0.6) is 0 Å². The number of carbonyl (C=O) groups is 1. The molecule has 0 saturated carbocycles. The third-order valence-corrected chi connectivity index (χ3v) is 3.46. The van der Waals surface area contributed by atoms with E-state index in [-0.39, 0.29) is 13.0 Å². The molecule has 0 rings (SSSR count). The second kappa shape index (κ2) is 17.1. The molecule has 0 aliphatic rings. The molecule has 5 nitrogen and oxygen atoms in total. The lowest BCUT2D eigenvalue weighted by atomic mass is 10.1. The maximum absolute atomic E-state index is 10.4. The first-order valence-corrected chi connectivity index (χ1v) is 8.91. The summed E-state index contributed by atoms with van der Waals surface area (Å²) in [7, 11) is 0. The lowest BCUT2D eigenvalue weighted by Gasteiger charge is -2.02. The van der Waals surface area contributed by atoms with Crippen molar-refractivity contribution in [1.29, 1.82) is 0 Å². The number of rotatable bonds is 15. The average molecular weight is 352 g/mol. The van der Waals surface area contributed by atoms with Crippen LogP contribution in [0.1, 0.15) is 51.4 Å². The maximum atomic E-state index is 10.4. The highest BCUT2D eigenvalue weighted by molar-refractivity contribution is 5.66. The monoisotopic (exact) mass is 352 g/mol. The van der Waals surface area contributed by atoms with Gasteiger partial charge in [0.2, 0.25) is 0 Å². The van der Waals surface area contributed by atoms with Crippen molar-refractivity contribution < 1.29 is 25.2 Å². The van der Waals surface area contributed by atoms with Gasteiger partial charge in [0.15, 0.2) is 0 Å². The first-order chi connectivity index (χ1) is 12.1. The van der Waals surface area contributed by atoms with E-state index in [2.05, 4.69) is 6.08 Å². The molecule has 0 heterocycles. The standard InChI is InChI=1S/C20H32O5/c21-17-10-6-2-1-3-7-12-18(22)13-8-4-5-9-14-19(23)15-11-16-20(24)25/h3-5,7-9,13-14,18-19,21-23H,1-2,6,10-12,15-17H2,(H,24,25)/b5-4+,7-3-,13-8+,14-9-/t18-,19-/m1/s1. The topological polar surface area (TPSA) is 98.0 Å². The lowest BCUT2D eigenvalue weighted by Crippen LogP contribution is -2.03. The fraction of sp³-hybridized carbons (Fsp3) is 0.550. The summed E-state index contributed by atoms with van der Waals surface area (Å²) in [5.74, 6) is -0.851. The van der Waals surface area contributed by atoms with Gasteiger partial charge in [0.1, 0.15) is 0 Å². The molecule has 0 unspecified atom stereocenters. The molecular weight excluding hydrogens is 320 g/mol. The molecule has 5 heteroatoms. The van der Waals surface area contributed by atoms with E-state index >= 15 is 0 Å². The van der Waals surface area contributed by atoms with Crippen molar-refractivity contribution in [3.05, 3.63) is 48.6 Å². The van der Waals surface area contributed by atoms with Gasteiger partial charge >= 0.3 is 5.97 Å². The lowest BCUT2D eigenvalue weighted by molar-refractivity contribution is -0.137. The summed E-state index contributed by atoms with van der Waals surface area (Å²) in [6.45, 7) is 0.250. The molecule has 2 atom stereocenters. The molecule has 0 aromatic rings. The van der Waals surface area contributed by atoms with Crippen LogP contribution in [0.2, 0.25) is 0 Å². The van der Waals surface area contributed by atoms with Gasteiger partial charge < -0.3 is 20.4 Å². The summed E-state index contributed by atoms with van der Waals surface area (Å²) in [5.41, 5.74) is 0. The Kier molecular flexibility index (Phi) is 16.0. The minimum Gasteiger partial charge on any atom is -0.481 e. The molecule has 0 aromatic heterocycles. The molecule has 0 radical (unpaired) electrons.